The monoisotopic (exact) mass is 420 g/mol. The van der Waals surface area contributed by atoms with Crippen LogP contribution in [-0.4, -0.2) is 48.9 Å². The van der Waals surface area contributed by atoms with Gasteiger partial charge in [-0.2, -0.15) is 0 Å². The van der Waals surface area contributed by atoms with E-state index < -0.39 is 0 Å². The van der Waals surface area contributed by atoms with Crippen molar-refractivity contribution in [2.24, 2.45) is 0 Å². The predicted molar refractivity (Wildman–Crippen MR) is 17.5 cm³/mol. The van der Waals surface area contributed by atoms with Crippen LogP contribution in [0.3, 0.4) is 0 Å². The molecular weight excluding hydrogens is 421 g/mol. The molecule has 5 heavy (non-hydrogen) atoms. The summed E-state index contributed by atoms with van der Waals surface area (Å²) >= 11 is 4.44. The van der Waals surface area contributed by atoms with Gasteiger partial charge in [-0.15, -0.1) is 0 Å². The van der Waals surface area contributed by atoms with Gasteiger partial charge in [-0.1, -0.05) is 0 Å². The Balaban J connectivity index is -0.0000000133. The zero-order valence-electron chi connectivity index (χ0n) is 2.10. The topological polar surface area (TPSA) is 0 Å². The summed E-state index contributed by atoms with van der Waals surface area (Å²) in [4.78, 5) is 0. The molecule has 0 amide bonds. The maximum atomic E-state index is 4.49. The molecule has 36 valence electrons. The first-order chi connectivity index (χ1) is 2.00. The first-order valence-electron chi connectivity index (χ1n) is 0.239. The van der Waals surface area contributed by atoms with Gasteiger partial charge < -0.3 is 0 Å². The van der Waals surface area contributed by atoms with Crippen LogP contribution in [0.25, 0.3) is 0 Å². The van der Waals surface area contributed by atoms with Crippen molar-refractivity contribution in [2.75, 3.05) is 0 Å². The van der Waals surface area contributed by atoms with Crippen molar-refractivity contribution < 1.29 is 36.4 Å². The first-order valence-corrected chi connectivity index (χ1v) is 4.24. The third kappa shape index (κ3) is 18.6. The van der Waals surface area contributed by atoms with E-state index in [1.165, 1.54) is 0 Å². The van der Waals surface area contributed by atoms with Crippen molar-refractivity contribution in [3.63, 3.8) is 0 Å². The summed E-state index contributed by atoms with van der Waals surface area (Å²) in [6.45, 7) is 0. The third-order valence-electron chi connectivity index (χ3n) is 0. The van der Waals surface area contributed by atoms with Gasteiger partial charge in [0, 0.05) is 0 Å². The van der Waals surface area contributed by atoms with Crippen molar-refractivity contribution in [1.82, 2.24) is 0 Å². The van der Waals surface area contributed by atoms with Crippen LogP contribution in [-0.2, 0) is 36.4 Å². The summed E-state index contributed by atoms with van der Waals surface area (Å²) in [6.07, 6.45) is 0. The molecule has 0 N–H and O–H groups in total. The van der Waals surface area contributed by atoms with Crippen LogP contribution in [0.4, 0.5) is 0 Å². The van der Waals surface area contributed by atoms with Crippen LogP contribution in [0.2, 0.25) is 0 Å². The molecule has 0 fully saturated rings. The Morgan fingerprint density at radius 3 is 0.800 bits per heavy atom. The van der Waals surface area contributed by atoms with Gasteiger partial charge in [-0.3, -0.25) is 0 Å². The second kappa shape index (κ2) is 25.9. The Hall–Kier alpha value is 3.48. The molecule has 0 atom stereocenters. The molecule has 0 aliphatic carbocycles. The molecule has 0 rings (SSSR count). The van der Waals surface area contributed by atoms with Crippen LogP contribution >= 0.6 is 19.1 Å². The van der Waals surface area contributed by atoms with E-state index in [1.807, 2.05) is 0 Å². The van der Waals surface area contributed by atoms with Crippen LogP contribution in [0.1, 0.15) is 0 Å². The van der Waals surface area contributed by atoms with Crippen LogP contribution in [0, 0.1) is 0 Å². The molecule has 0 aromatic carbocycles. The summed E-state index contributed by atoms with van der Waals surface area (Å²) in [5.74, 6) is 0. The van der Waals surface area contributed by atoms with E-state index >= 15 is 0 Å². The zero-order valence-corrected chi connectivity index (χ0v) is 11.2. The van der Waals surface area contributed by atoms with Crippen LogP contribution in [0.15, 0.2) is 0 Å². The van der Waals surface area contributed by atoms with Gasteiger partial charge in [0.15, 0.2) is 0 Å². The van der Waals surface area contributed by atoms with Crippen LogP contribution < -0.4 is 0 Å². The van der Waals surface area contributed by atoms with Crippen molar-refractivity contribution >= 4 is 67.9 Å². The standard InChI is InChI=1S/Ba.2ClH.2Pd/h;2*1H;;/q+2;;;;/p-2. The van der Waals surface area contributed by atoms with Gasteiger partial charge >= 0.3 is 104 Å². The molecule has 0 nitrogen and oxygen atoms in total. The molecule has 0 radical (unpaired) electrons. The van der Waals surface area contributed by atoms with Crippen LogP contribution in [0.5, 0.6) is 0 Å². The van der Waals surface area contributed by atoms with Gasteiger partial charge in [0.25, 0.3) is 0 Å². The minimum absolute atomic E-state index is 0. The number of hydrogen-bond acceptors (Lipinski definition) is 0. The third-order valence-corrected chi connectivity index (χ3v) is 0. The molecule has 0 heterocycles. The summed E-state index contributed by atoms with van der Waals surface area (Å²) in [6, 6.07) is 0. The van der Waals surface area contributed by atoms with E-state index in [1.54, 1.807) is 0 Å². The summed E-state index contributed by atoms with van der Waals surface area (Å²) in [5.41, 5.74) is 0. The Morgan fingerprint density at radius 1 is 0.800 bits per heavy atom. The normalized spacial score (nSPS) is 2.80. The van der Waals surface area contributed by atoms with Gasteiger partial charge in [-0.05, 0) is 0 Å². The van der Waals surface area contributed by atoms with E-state index in [2.05, 4.69) is 55.4 Å². The van der Waals surface area contributed by atoms with Crippen molar-refractivity contribution in [3.05, 3.63) is 0 Å². The summed E-state index contributed by atoms with van der Waals surface area (Å²) < 4.78 is 0. The van der Waals surface area contributed by atoms with E-state index in [4.69, 9.17) is 0 Å². The Labute approximate surface area is 102 Å². The van der Waals surface area contributed by atoms with Gasteiger partial charge in [-0.25, -0.2) is 0 Å². The summed E-state index contributed by atoms with van der Waals surface area (Å²) in [5, 5.41) is 0. The van der Waals surface area contributed by atoms with Crippen molar-refractivity contribution in [1.29, 1.82) is 0 Å². The zero-order chi connectivity index (χ0) is 4.00. The maximum absolute atomic E-state index is 4.49. The Morgan fingerprint density at radius 2 is 0.800 bits per heavy atom. The molecule has 0 bridgehead atoms. The molecule has 0 aromatic heterocycles. The number of hydrogen-bond donors (Lipinski definition) is 0. The molecule has 0 saturated carbocycles. The Kier molecular flexibility index (Phi) is 82.0. The van der Waals surface area contributed by atoms with Gasteiger partial charge in [0.05, 0.1) is 0 Å². The second-order valence-corrected chi connectivity index (χ2v) is 0. The van der Waals surface area contributed by atoms with Crippen molar-refractivity contribution in [2.45, 2.75) is 0 Å². The quantitative estimate of drug-likeness (QED) is 0.513. The molecule has 0 aliphatic rings. The fourth-order valence-electron chi connectivity index (χ4n) is 0. The Bertz CT molecular complexity index is 7.61. The fraction of sp³-hybridized carbons (Fsp3) is 0. The predicted octanol–water partition coefficient (Wildman–Crippen LogP) is 0.993. The number of halogens is 2. The minimum atomic E-state index is 0. The molecule has 0 saturated heterocycles. The fourth-order valence-corrected chi connectivity index (χ4v) is 0. The SMILES string of the molecule is [Ba+2].[Cl][Pd-].[Cl][Pd-]. The molecule has 0 aliphatic heterocycles. The average Bonchev–Trinajstić information content (AvgIpc) is 1.50. The number of rotatable bonds is 0. The first kappa shape index (κ1) is 15.8. The van der Waals surface area contributed by atoms with Gasteiger partial charge in [0.2, 0.25) is 0 Å². The molecular formula is BaCl2Pd2. The second-order valence-electron chi connectivity index (χ2n) is 0. The molecule has 5 heteroatoms. The molecule has 0 aromatic rings. The van der Waals surface area contributed by atoms with E-state index in [0.29, 0.717) is 0 Å². The van der Waals surface area contributed by atoms with E-state index in [0.717, 1.165) is 0 Å². The van der Waals surface area contributed by atoms with Gasteiger partial charge in [0.1, 0.15) is 0 Å². The van der Waals surface area contributed by atoms with Crippen molar-refractivity contribution in [3.8, 4) is 0 Å². The summed E-state index contributed by atoms with van der Waals surface area (Å²) in [7, 11) is 8.98. The molecule has 0 unspecified atom stereocenters. The molecule has 0 spiro atoms. The van der Waals surface area contributed by atoms with E-state index in [-0.39, 0.29) is 48.9 Å². The van der Waals surface area contributed by atoms with E-state index in [9.17, 15) is 0 Å². The average molecular weight is 421 g/mol.